The average Bonchev–Trinajstić information content (AvgIpc) is 2.43. The number of rotatable bonds is 5. The van der Waals surface area contributed by atoms with Crippen LogP contribution in [0.25, 0.3) is 0 Å². The van der Waals surface area contributed by atoms with Crippen LogP contribution in [-0.2, 0) is 4.79 Å². The smallest absolute Gasteiger partial charge is 0.221 e. The summed E-state index contributed by atoms with van der Waals surface area (Å²) in [6.07, 6.45) is 2.17. The highest BCUT2D eigenvalue weighted by molar-refractivity contribution is 5.90. The van der Waals surface area contributed by atoms with E-state index in [1.165, 1.54) is 6.92 Å². The Labute approximate surface area is 153 Å². The number of anilines is 1. The van der Waals surface area contributed by atoms with E-state index in [0.717, 1.165) is 41.1 Å². The Morgan fingerprint density at radius 2 is 1.76 bits per heavy atom. The fraction of sp³-hybridized carbons (Fsp3) is 0.619. The molecule has 0 heterocycles. The van der Waals surface area contributed by atoms with Gasteiger partial charge in [0, 0.05) is 24.4 Å². The Hall–Kier alpha value is -1.84. The van der Waals surface area contributed by atoms with E-state index in [0.29, 0.717) is 0 Å². The van der Waals surface area contributed by atoms with E-state index in [9.17, 15) is 4.79 Å². The van der Waals surface area contributed by atoms with E-state index in [-0.39, 0.29) is 17.4 Å². The highest BCUT2D eigenvalue weighted by Gasteiger charge is 2.15. The summed E-state index contributed by atoms with van der Waals surface area (Å²) in [5.41, 5.74) is 3.90. The minimum atomic E-state index is -0.0672. The van der Waals surface area contributed by atoms with Crippen molar-refractivity contribution in [2.45, 2.75) is 81.3 Å². The van der Waals surface area contributed by atoms with Gasteiger partial charge in [-0.2, -0.15) is 0 Å². The van der Waals surface area contributed by atoms with E-state index in [2.05, 4.69) is 33.0 Å². The second kappa shape index (κ2) is 10.2. The largest absolute Gasteiger partial charge is 0.491 e. The first-order valence-corrected chi connectivity index (χ1v) is 9.01. The first-order chi connectivity index (χ1) is 11.4. The van der Waals surface area contributed by atoms with Gasteiger partial charge >= 0.3 is 0 Å². The lowest BCUT2D eigenvalue weighted by molar-refractivity contribution is -0.114. The lowest BCUT2D eigenvalue weighted by Gasteiger charge is -2.18. The zero-order valence-corrected chi connectivity index (χ0v) is 17.5. The lowest BCUT2D eigenvalue weighted by atomic mass is 9.88. The Balaban J connectivity index is 0.000000547. The summed E-state index contributed by atoms with van der Waals surface area (Å²) in [7, 11) is 0. The van der Waals surface area contributed by atoms with Crippen molar-refractivity contribution in [2.75, 3.05) is 5.32 Å². The molecule has 0 radical (unpaired) electrons. The standard InChI is InChI=1S/C13H19NO2.C8H17N/c1-8(2)16-13-7-12(14-11(5)15)9(3)6-10(13)4;1-5-6-7(9)8(2,3)4/h6-8H,1-5H3,(H,14,15);9H,5-6H2,1-4H3. The van der Waals surface area contributed by atoms with Crippen LogP contribution in [0.5, 0.6) is 5.75 Å². The SMILES string of the molecule is CC(=O)Nc1cc(OC(C)C)c(C)cc1C.CCCC(=N)C(C)(C)C. The number of amides is 1. The van der Waals surface area contributed by atoms with Gasteiger partial charge in [0.15, 0.2) is 0 Å². The Kier molecular flexibility index (Phi) is 9.47. The van der Waals surface area contributed by atoms with Crippen molar-refractivity contribution in [3.63, 3.8) is 0 Å². The number of aryl methyl sites for hydroxylation is 2. The zero-order chi connectivity index (χ0) is 19.8. The van der Waals surface area contributed by atoms with Crippen molar-refractivity contribution >= 4 is 17.3 Å². The van der Waals surface area contributed by atoms with Crippen LogP contribution in [0.3, 0.4) is 0 Å². The van der Waals surface area contributed by atoms with Crippen molar-refractivity contribution in [2.24, 2.45) is 5.41 Å². The van der Waals surface area contributed by atoms with E-state index in [4.69, 9.17) is 10.1 Å². The fourth-order valence-electron chi connectivity index (χ4n) is 2.16. The lowest BCUT2D eigenvalue weighted by Crippen LogP contribution is -2.18. The van der Waals surface area contributed by atoms with Crippen molar-refractivity contribution in [3.8, 4) is 5.75 Å². The third kappa shape index (κ3) is 9.28. The number of carbonyl (C=O) groups excluding carboxylic acids is 1. The Morgan fingerprint density at radius 3 is 2.12 bits per heavy atom. The zero-order valence-electron chi connectivity index (χ0n) is 17.5. The molecule has 0 spiro atoms. The number of carbonyl (C=O) groups is 1. The first kappa shape index (κ1) is 23.2. The van der Waals surface area contributed by atoms with Crippen LogP contribution in [0.1, 0.15) is 72.4 Å². The van der Waals surface area contributed by atoms with Crippen molar-refractivity contribution in [3.05, 3.63) is 23.3 Å². The van der Waals surface area contributed by atoms with Crippen molar-refractivity contribution in [1.29, 1.82) is 5.41 Å². The molecule has 0 aliphatic carbocycles. The van der Waals surface area contributed by atoms with Gasteiger partial charge in [-0.05, 0) is 50.7 Å². The van der Waals surface area contributed by atoms with Gasteiger partial charge in [0.2, 0.25) is 5.91 Å². The van der Waals surface area contributed by atoms with Crippen LogP contribution in [0, 0.1) is 24.7 Å². The van der Waals surface area contributed by atoms with E-state index in [1.807, 2.05) is 39.8 Å². The van der Waals surface area contributed by atoms with Crippen molar-refractivity contribution < 1.29 is 9.53 Å². The van der Waals surface area contributed by atoms with Crippen LogP contribution in [0.4, 0.5) is 5.69 Å². The predicted octanol–water partition coefficient (Wildman–Crippen LogP) is 5.90. The van der Waals surface area contributed by atoms with Crippen LogP contribution in [0.15, 0.2) is 12.1 Å². The van der Waals surface area contributed by atoms with E-state index >= 15 is 0 Å². The molecule has 0 saturated carbocycles. The van der Waals surface area contributed by atoms with Gasteiger partial charge in [0.05, 0.1) is 6.10 Å². The molecule has 1 aromatic carbocycles. The summed E-state index contributed by atoms with van der Waals surface area (Å²) in [6.45, 7) is 17.8. The van der Waals surface area contributed by atoms with Crippen molar-refractivity contribution in [1.82, 2.24) is 0 Å². The normalized spacial score (nSPS) is 10.8. The molecular formula is C21H36N2O2. The number of benzene rings is 1. The molecule has 142 valence electrons. The number of hydrogen-bond donors (Lipinski definition) is 2. The van der Waals surface area contributed by atoms with Gasteiger partial charge in [-0.25, -0.2) is 0 Å². The Morgan fingerprint density at radius 1 is 1.20 bits per heavy atom. The molecule has 0 unspecified atom stereocenters. The molecule has 0 aliphatic heterocycles. The molecule has 0 atom stereocenters. The molecule has 0 aliphatic rings. The quantitative estimate of drug-likeness (QED) is 0.651. The average molecular weight is 349 g/mol. The first-order valence-electron chi connectivity index (χ1n) is 9.01. The number of nitrogens with one attached hydrogen (secondary N) is 2. The van der Waals surface area contributed by atoms with Gasteiger partial charge in [-0.1, -0.05) is 40.2 Å². The maximum Gasteiger partial charge on any atom is 0.221 e. The molecule has 1 rings (SSSR count). The third-order valence-electron chi connectivity index (χ3n) is 3.60. The fourth-order valence-corrected chi connectivity index (χ4v) is 2.16. The van der Waals surface area contributed by atoms with E-state index < -0.39 is 0 Å². The van der Waals surface area contributed by atoms with Crippen LogP contribution in [0.2, 0.25) is 0 Å². The topological polar surface area (TPSA) is 62.2 Å². The summed E-state index contributed by atoms with van der Waals surface area (Å²) in [5, 5.41) is 10.3. The van der Waals surface area contributed by atoms with Gasteiger partial charge < -0.3 is 15.5 Å². The minimum absolute atomic E-state index is 0.0672. The van der Waals surface area contributed by atoms with Gasteiger partial charge in [-0.3, -0.25) is 4.79 Å². The molecule has 0 fully saturated rings. The summed E-state index contributed by atoms with van der Waals surface area (Å²) in [5.74, 6) is 0.756. The number of ether oxygens (including phenoxy) is 1. The maximum absolute atomic E-state index is 11.0. The Bertz CT molecular complexity index is 584. The maximum atomic E-state index is 11.0. The molecule has 4 nitrogen and oxygen atoms in total. The molecule has 0 bridgehead atoms. The molecule has 0 aromatic heterocycles. The van der Waals surface area contributed by atoms with E-state index in [1.54, 1.807) is 0 Å². The molecule has 1 amide bonds. The molecule has 2 N–H and O–H groups in total. The van der Waals surface area contributed by atoms with Crippen LogP contribution >= 0.6 is 0 Å². The summed E-state index contributed by atoms with van der Waals surface area (Å²) < 4.78 is 5.67. The third-order valence-corrected chi connectivity index (χ3v) is 3.60. The summed E-state index contributed by atoms with van der Waals surface area (Å²) in [6, 6.07) is 3.90. The highest BCUT2D eigenvalue weighted by Crippen LogP contribution is 2.27. The predicted molar refractivity (Wildman–Crippen MR) is 108 cm³/mol. The molecule has 4 heteroatoms. The second-order valence-corrected chi connectivity index (χ2v) is 7.76. The van der Waals surface area contributed by atoms with Crippen LogP contribution < -0.4 is 10.1 Å². The molecule has 1 aromatic rings. The second-order valence-electron chi connectivity index (χ2n) is 7.76. The minimum Gasteiger partial charge on any atom is -0.491 e. The summed E-state index contributed by atoms with van der Waals surface area (Å²) >= 11 is 0. The highest BCUT2D eigenvalue weighted by atomic mass is 16.5. The molecule has 0 saturated heterocycles. The van der Waals surface area contributed by atoms with Crippen LogP contribution in [-0.4, -0.2) is 17.7 Å². The molecule has 25 heavy (non-hydrogen) atoms. The summed E-state index contributed by atoms with van der Waals surface area (Å²) in [4.78, 5) is 11.0. The van der Waals surface area contributed by atoms with Gasteiger partial charge in [0.1, 0.15) is 5.75 Å². The van der Waals surface area contributed by atoms with Gasteiger partial charge in [0.25, 0.3) is 0 Å². The monoisotopic (exact) mass is 348 g/mol. The molecular weight excluding hydrogens is 312 g/mol. The number of hydrogen-bond acceptors (Lipinski definition) is 3. The van der Waals surface area contributed by atoms with Gasteiger partial charge in [-0.15, -0.1) is 0 Å².